The van der Waals surface area contributed by atoms with E-state index >= 15 is 0 Å². The monoisotopic (exact) mass is 405 g/mol. The lowest BCUT2D eigenvalue weighted by Crippen LogP contribution is -2.47. The smallest absolute Gasteiger partial charge is 0.327 e. The highest BCUT2D eigenvalue weighted by molar-refractivity contribution is 9.10. The molecule has 0 atom stereocenters. The number of hydrogen-bond acceptors (Lipinski definition) is 4. The quantitative estimate of drug-likeness (QED) is 0.410. The van der Waals surface area contributed by atoms with E-state index in [0.717, 1.165) is 15.6 Å². The summed E-state index contributed by atoms with van der Waals surface area (Å²) < 4.78 is 5.87. The topological polar surface area (TPSA) is 100 Å². The molecule has 1 heterocycles. The second-order valence-corrected chi connectivity index (χ2v) is 5.92. The predicted molar refractivity (Wildman–Crippen MR) is 94.8 cm³/mol. The van der Waals surface area contributed by atoms with Crippen molar-refractivity contribution in [2.24, 2.45) is 0 Å². The summed E-state index contributed by atoms with van der Waals surface area (Å²) in [6, 6.07) is 9.01. The Kier molecular flexibility index (Phi) is 6.53. The number of furan rings is 1. The van der Waals surface area contributed by atoms with E-state index in [1.807, 2.05) is 30.5 Å². The molecule has 0 aliphatic heterocycles. The summed E-state index contributed by atoms with van der Waals surface area (Å²) in [5.74, 6) is -1.93. The Morgan fingerprint density at radius 2 is 1.96 bits per heavy atom. The van der Waals surface area contributed by atoms with Crippen LogP contribution in [-0.2, 0) is 20.9 Å². The number of halogens is 1. The number of carbonyl (C=O) groups excluding carboxylic acids is 3. The van der Waals surface area contributed by atoms with Crippen molar-refractivity contribution in [3.05, 3.63) is 64.0 Å². The second kappa shape index (κ2) is 8.84. The molecule has 0 radical (unpaired) electrons. The summed E-state index contributed by atoms with van der Waals surface area (Å²) in [4.78, 5) is 34.8. The first-order valence-corrected chi connectivity index (χ1v) is 8.10. The molecule has 0 aliphatic carbocycles. The van der Waals surface area contributed by atoms with E-state index in [9.17, 15) is 14.4 Å². The van der Waals surface area contributed by atoms with Crippen LogP contribution >= 0.6 is 15.9 Å². The maximum atomic E-state index is 11.7. The Balaban J connectivity index is 1.77. The second-order valence-electron chi connectivity index (χ2n) is 5.06. The van der Waals surface area contributed by atoms with Gasteiger partial charge in [0.15, 0.2) is 0 Å². The SMILES string of the molecule is Cc1ccc(/C=C/C(=O)NNC(=O)C(=O)NCc2ccco2)c(Br)c1. The van der Waals surface area contributed by atoms with Gasteiger partial charge in [0.2, 0.25) is 0 Å². The lowest BCUT2D eigenvalue weighted by Gasteiger charge is -2.05. The summed E-state index contributed by atoms with van der Waals surface area (Å²) in [5.41, 5.74) is 6.05. The van der Waals surface area contributed by atoms with Gasteiger partial charge >= 0.3 is 11.8 Å². The Morgan fingerprint density at radius 3 is 2.64 bits per heavy atom. The minimum absolute atomic E-state index is 0.0779. The van der Waals surface area contributed by atoms with Gasteiger partial charge in [-0.2, -0.15) is 0 Å². The maximum absolute atomic E-state index is 11.7. The average Bonchev–Trinajstić information content (AvgIpc) is 3.10. The van der Waals surface area contributed by atoms with Gasteiger partial charge in [-0.15, -0.1) is 0 Å². The third kappa shape index (κ3) is 5.92. The van der Waals surface area contributed by atoms with E-state index in [4.69, 9.17) is 4.42 Å². The van der Waals surface area contributed by atoms with E-state index in [-0.39, 0.29) is 6.54 Å². The summed E-state index contributed by atoms with van der Waals surface area (Å²) in [6.45, 7) is 2.03. The number of rotatable bonds is 4. The first kappa shape index (κ1) is 18.5. The van der Waals surface area contributed by atoms with Crippen molar-refractivity contribution in [2.45, 2.75) is 13.5 Å². The van der Waals surface area contributed by atoms with Gasteiger partial charge in [-0.25, -0.2) is 0 Å². The molecule has 8 heteroatoms. The molecule has 7 nitrogen and oxygen atoms in total. The molecule has 0 unspecified atom stereocenters. The standard InChI is InChI=1S/C17H16BrN3O4/c1-11-4-5-12(14(18)9-11)6-7-15(22)20-21-17(24)16(23)19-10-13-3-2-8-25-13/h2-9H,10H2,1H3,(H,19,23)(H,20,22)(H,21,24)/b7-6+. The van der Waals surface area contributed by atoms with Crippen molar-refractivity contribution in [3.8, 4) is 0 Å². The molecular weight excluding hydrogens is 390 g/mol. The van der Waals surface area contributed by atoms with Gasteiger partial charge < -0.3 is 9.73 Å². The Morgan fingerprint density at radius 1 is 1.16 bits per heavy atom. The molecule has 0 saturated carbocycles. The molecular formula is C17H16BrN3O4. The van der Waals surface area contributed by atoms with Crippen LogP contribution in [0.3, 0.4) is 0 Å². The molecule has 0 aliphatic rings. The molecule has 130 valence electrons. The Bertz CT molecular complexity index is 800. The van der Waals surface area contributed by atoms with Crippen LogP contribution in [0.4, 0.5) is 0 Å². The molecule has 0 spiro atoms. The summed E-state index contributed by atoms with van der Waals surface area (Å²) >= 11 is 3.40. The fraction of sp³-hybridized carbons (Fsp3) is 0.118. The molecule has 25 heavy (non-hydrogen) atoms. The van der Waals surface area contributed by atoms with Crippen LogP contribution in [-0.4, -0.2) is 17.7 Å². The third-order valence-corrected chi connectivity index (χ3v) is 3.77. The fourth-order valence-electron chi connectivity index (χ4n) is 1.81. The van der Waals surface area contributed by atoms with E-state index in [2.05, 4.69) is 26.7 Å². The van der Waals surface area contributed by atoms with E-state index < -0.39 is 17.7 Å². The number of hydrogen-bond donors (Lipinski definition) is 3. The summed E-state index contributed by atoms with van der Waals surface area (Å²) in [5, 5.41) is 2.36. The fourth-order valence-corrected chi connectivity index (χ4v) is 2.44. The Labute approximate surface area is 152 Å². The van der Waals surface area contributed by atoms with Crippen LogP contribution in [0.5, 0.6) is 0 Å². The first-order valence-electron chi connectivity index (χ1n) is 7.30. The van der Waals surface area contributed by atoms with Crippen molar-refractivity contribution in [1.82, 2.24) is 16.2 Å². The normalized spacial score (nSPS) is 10.5. The van der Waals surface area contributed by atoms with E-state index in [0.29, 0.717) is 5.76 Å². The zero-order chi connectivity index (χ0) is 18.2. The van der Waals surface area contributed by atoms with Gasteiger partial charge in [-0.1, -0.05) is 28.1 Å². The molecule has 0 bridgehead atoms. The predicted octanol–water partition coefficient (Wildman–Crippen LogP) is 1.83. The molecule has 3 amide bonds. The van der Waals surface area contributed by atoms with Crippen LogP contribution in [0.2, 0.25) is 0 Å². The lowest BCUT2D eigenvalue weighted by molar-refractivity contribution is -0.140. The highest BCUT2D eigenvalue weighted by Crippen LogP contribution is 2.19. The van der Waals surface area contributed by atoms with Gasteiger partial charge in [0, 0.05) is 10.5 Å². The van der Waals surface area contributed by atoms with Crippen molar-refractivity contribution in [2.75, 3.05) is 0 Å². The summed E-state index contributed by atoms with van der Waals surface area (Å²) in [7, 11) is 0. The number of hydrazine groups is 1. The molecule has 0 fully saturated rings. The Hall–Kier alpha value is -2.87. The number of nitrogens with one attached hydrogen (secondary N) is 3. The zero-order valence-electron chi connectivity index (χ0n) is 13.3. The molecule has 2 aromatic rings. The zero-order valence-corrected chi connectivity index (χ0v) is 14.9. The van der Waals surface area contributed by atoms with Crippen LogP contribution < -0.4 is 16.2 Å². The molecule has 3 N–H and O–H groups in total. The molecule has 1 aromatic heterocycles. The molecule has 1 aromatic carbocycles. The lowest BCUT2D eigenvalue weighted by atomic mass is 10.1. The minimum Gasteiger partial charge on any atom is -0.467 e. The number of benzene rings is 1. The molecule has 2 rings (SSSR count). The van der Waals surface area contributed by atoms with Crippen LogP contribution in [0, 0.1) is 6.92 Å². The van der Waals surface area contributed by atoms with Gasteiger partial charge in [-0.05, 0) is 42.3 Å². The third-order valence-electron chi connectivity index (χ3n) is 3.08. The first-order chi connectivity index (χ1) is 12.0. The minimum atomic E-state index is -0.982. The van der Waals surface area contributed by atoms with Crippen LogP contribution in [0.15, 0.2) is 51.6 Å². The largest absolute Gasteiger partial charge is 0.467 e. The van der Waals surface area contributed by atoms with Crippen LogP contribution in [0.1, 0.15) is 16.9 Å². The maximum Gasteiger partial charge on any atom is 0.327 e. The number of carbonyl (C=O) groups is 3. The highest BCUT2D eigenvalue weighted by Gasteiger charge is 2.13. The van der Waals surface area contributed by atoms with E-state index in [1.54, 1.807) is 18.2 Å². The van der Waals surface area contributed by atoms with Crippen molar-refractivity contribution >= 4 is 39.7 Å². The van der Waals surface area contributed by atoms with Gasteiger partial charge in [-0.3, -0.25) is 25.2 Å². The van der Waals surface area contributed by atoms with Crippen molar-refractivity contribution in [1.29, 1.82) is 0 Å². The average molecular weight is 406 g/mol. The van der Waals surface area contributed by atoms with Crippen molar-refractivity contribution < 1.29 is 18.8 Å². The van der Waals surface area contributed by atoms with Gasteiger partial charge in [0.25, 0.3) is 5.91 Å². The van der Waals surface area contributed by atoms with Gasteiger partial charge in [0.1, 0.15) is 5.76 Å². The molecule has 0 saturated heterocycles. The van der Waals surface area contributed by atoms with Crippen LogP contribution in [0.25, 0.3) is 6.08 Å². The highest BCUT2D eigenvalue weighted by atomic mass is 79.9. The van der Waals surface area contributed by atoms with E-state index in [1.165, 1.54) is 12.3 Å². The van der Waals surface area contributed by atoms with Crippen molar-refractivity contribution in [3.63, 3.8) is 0 Å². The number of amides is 3. The van der Waals surface area contributed by atoms with Gasteiger partial charge in [0.05, 0.1) is 12.8 Å². The summed E-state index contributed by atoms with van der Waals surface area (Å²) in [6.07, 6.45) is 4.29. The number of aryl methyl sites for hydroxylation is 1.